The molecule has 1 saturated heterocycles. The summed E-state index contributed by atoms with van der Waals surface area (Å²) in [6.07, 6.45) is 4.94. The Morgan fingerprint density at radius 1 is 1.60 bits per heavy atom. The van der Waals surface area contributed by atoms with Crippen LogP contribution in [0.2, 0.25) is 0 Å². The zero-order chi connectivity index (χ0) is 10.8. The van der Waals surface area contributed by atoms with Crippen LogP contribution in [0.25, 0.3) is 0 Å². The van der Waals surface area contributed by atoms with Gasteiger partial charge in [0.25, 0.3) is 0 Å². The number of hydrogen-bond acceptors (Lipinski definition) is 3. The van der Waals surface area contributed by atoms with Crippen molar-refractivity contribution in [1.29, 1.82) is 0 Å². The Hall–Kier alpha value is -0.870. The predicted octanol–water partition coefficient (Wildman–Crippen LogP) is 0.280. The van der Waals surface area contributed by atoms with E-state index < -0.39 is 0 Å². The highest BCUT2D eigenvalue weighted by atomic mass is 16.5. The smallest absolute Gasteiger partial charge is 0.246 e. The number of nitrogens with two attached hydrogens (primary N) is 1. The molecule has 2 atom stereocenters. The first-order valence-corrected chi connectivity index (χ1v) is 5.51. The molecule has 0 aromatic carbocycles. The van der Waals surface area contributed by atoms with Gasteiger partial charge in [-0.25, -0.2) is 0 Å². The summed E-state index contributed by atoms with van der Waals surface area (Å²) >= 11 is 0. The van der Waals surface area contributed by atoms with E-state index >= 15 is 0 Å². The number of carbonyl (C=O) groups is 1. The standard InChI is InChI=1S/C11H18N2O2/c1-2-11(14)13-6-8(12)5-9(13)7-15-10-3-4-10/h2,8-10H,1,3-7,12H2/t8-,9+/m0/s1. The highest BCUT2D eigenvalue weighted by Crippen LogP contribution is 2.25. The van der Waals surface area contributed by atoms with Gasteiger partial charge in [-0.05, 0) is 25.3 Å². The van der Waals surface area contributed by atoms with E-state index in [1.165, 1.54) is 6.08 Å². The lowest BCUT2D eigenvalue weighted by atomic mass is 10.2. The molecule has 4 heteroatoms. The molecule has 0 aromatic rings. The minimum atomic E-state index is -0.0349. The number of likely N-dealkylation sites (tertiary alicyclic amines) is 1. The normalized spacial score (nSPS) is 30.6. The average Bonchev–Trinajstić information content (AvgIpc) is 2.98. The molecule has 1 aliphatic heterocycles. The third kappa shape index (κ3) is 2.58. The van der Waals surface area contributed by atoms with E-state index in [4.69, 9.17) is 10.5 Å². The summed E-state index contributed by atoms with van der Waals surface area (Å²) in [4.78, 5) is 13.3. The maximum atomic E-state index is 11.5. The van der Waals surface area contributed by atoms with Crippen LogP contribution in [0.15, 0.2) is 12.7 Å². The zero-order valence-electron chi connectivity index (χ0n) is 8.89. The largest absolute Gasteiger partial charge is 0.376 e. The van der Waals surface area contributed by atoms with Gasteiger partial charge in [-0.15, -0.1) is 0 Å². The number of ether oxygens (including phenoxy) is 1. The average molecular weight is 210 g/mol. The van der Waals surface area contributed by atoms with Crippen LogP contribution >= 0.6 is 0 Å². The molecule has 0 radical (unpaired) electrons. The van der Waals surface area contributed by atoms with Gasteiger partial charge in [-0.2, -0.15) is 0 Å². The van der Waals surface area contributed by atoms with Gasteiger partial charge in [-0.1, -0.05) is 6.58 Å². The zero-order valence-corrected chi connectivity index (χ0v) is 8.89. The Morgan fingerprint density at radius 3 is 2.93 bits per heavy atom. The van der Waals surface area contributed by atoms with Crippen molar-refractivity contribution in [2.45, 2.75) is 37.5 Å². The van der Waals surface area contributed by atoms with Crippen molar-refractivity contribution in [3.63, 3.8) is 0 Å². The summed E-state index contributed by atoms with van der Waals surface area (Å²) in [5, 5.41) is 0. The maximum absolute atomic E-state index is 11.5. The minimum Gasteiger partial charge on any atom is -0.376 e. The Bertz CT molecular complexity index is 263. The molecule has 0 spiro atoms. The highest BCUT2D eigenvalue weighted by molar-refractivity contribution is 5.87. The lowest BCUT2D eigenvalue weighted by molar-refractivity contribution is -0.128. The molecule has 2 aliphatic rings. The van der Waals surface area contributed by atoms with Crippen LogP contribution in [0.4, 0.5) is 0 Å². The van der Waals surface area contributed by atoms with E-state index in [2.05, 4.69) is 6.58 Å². The van der Waals surface area contributed by atoms with Crippen LogP contribution in [0.3, 0.4) is 0 Å². The topological polar surface area (TPSA) is 55.6 Å². The molecule has 2 fully saturated rings. The quantitative estimate of drug-likeness (QED) is 0.678. The summed E-state index contributed by atoms with van der Waals surface area (Å²) < 4.78 is 5.63. The predicted molar refractivity (Wildman–Crippen MR) is 57.3 cm³/mol. The molecule has 0 bridgehead atoms. The molecule has 1 heterocycles. The van der Waals surface area contributed by atoms with Gasteiger partial charge in [0.2, 0.25) is 5.91 Å². The molecule has 1 amide bonds. The Balaban J connectivity index is 1.88. The van der Waals surface area contributed by atoms with E-state index in [1.54, 1.807) is 4.90 Å². The number of nitrogens with zero attached hydrogens (tertiary/aromatic N) is 1. The first kappa shape index (κ1) is 10.6. The van der Waals surface area contributed by atoms with E-state index in [0.29, 0.717) is 19.3 Å². The molecule has 2 rings (SSSR count). The van der Waals surface area contributed by atoms with Gasteiger partial charge < -0.3 is 15.4 Å². The third-order valence-electron chi connectivity index (χ3n) is 2.95. The molecular weight excluding hydrogens is 192 g/mol. The van der Waals surface area contributed by atoms with Crippen LogP contribution in [0, 0.1) is 0 Å². The molecule has 15 heavy (non-hydrogen) atoms. The SMILES string of the molecule is C=CC(=O)N1C[C@@H](N)C[C@@H]1COC1CC1. The number of rotatable bonds is 4. The molecule has 0 unspecified atom stereocenters. The summed E-state index contributed by atoms with van der Waals surface area (Å²) in [7, 11) is 0. The second-order valence-corrected chi connectivity index (χ2v) is 4.38. The summed E-state index contributed by atoms with van der Waals surface area (Å²) in [6.45, 7) is 4.75. The second kappa shape index (κ2) is 4.33. The Kier molecular flexibility index (Phi) is 3.07. The van der Waals surface area contributed by atoms with Crippen LogP contribution in [0.5, 0.6) is 0 Å². The maximum Gasteiger partial charge on any atom is 0.246 e. The van der Waals surface area contributed by atoms with Crippen molar-refractivity contribution in [1.82, 2.24) is 4.90 Å². The van der Waals surface area contributed by atoms with Crippen LogP contribution in [-0.2, 0) is 9.53 Å². The van der Waals surface area contributed by atoms with Crippen LogP contribution < -0.4 is 5.73 Å². The van der Waals surface area contributed by atoms with Crippen LogP contribution in [-0.4, -0.2) is 42.1 Å². The van der Waals surface area contributed by atoms with E-state index in [0.717, 1.165) is 19.3 Å². The fourth-order valence-electron chi connectivity index (χ4n) is 1.98. The highest BCUT2D eigenvalue weighted by Gasteiger charge is 2.34. The minimum absolute atomic E-state index is 0.0349. The van der Waals surface area contributed by atoms with Gasteiger partial charge in [0.15, 0.2) is 0 Å². The molecule has 1 saturated carbocycles. The second-order valence-electron chi connectivity index (χ2n) is 4.38. The van der Waals surface area contributed by atoms with Gasteiger partial charge in [0, 0.05) is 12.6 Å². The first-order chi connectivity index (χ1) is 7.20. The van der Waals surface area contributed by atoms with E-state index in [-0.39, 0.29) is 18.0 Å². The summed E-state index contributed by atoms with van der Waals surface area (Å²) in [5.74, 6) is -0.0349. The molecule has 0 aromatic heterocycles. The molecular formula is C11H18N2O2. The fraction of sp³-hybridized carbons (Fsp3) is 0.727. The third-order valence-corrected chi connectivity index (χ3v) is 2.95. The lowest BCUT2D eigenvalue weighted by Gasteiger charge is -2.22. The molecule has 84 valence electrons. The fourth-order valence-corrected chi connectivity index (χ4v) is 1.98. The van der Waals surface area contributed by atoms with Crippen molar-refractivity contribution < 1.29 is 9.53 Å². The van der Waals surface area contributed by atoms with Crippen molar-refractivity contribution in [2.75, 3.05) is 13.2 Å². The van der Waals surface area contributed by atoms with Gasteiger partial charge >= 0.3 is 0 Å². The lowest BCUT2D eigenvalue weighted by Crippen LogP contribution is -2.38. The van der Waals surface area contributed by atoms with Crippen molar-refractivity contribution in [3.8, 4) is 0 Å². The van der Waals surface area contributed by atoms with E-state index in [1.807, 2.05) is 0 Å². The monoisotopic (exact) mass is 210 g/mol. The van der Waals surface area contributed by atoms with Crippen molar-refractivity contribution in [3.05, 3.63) is 12.7 Å². The summed E-state index contributed by atoms with van der Waals surface area (Å²) in [6, 6.07) is 0.229. The molecule has 1 aliphatic carbocycles. The van der Waals surface area contributed by atoms with Crippen LogP contribution in [0.1, 0.15) is 19.3 Å². The van der Waals surface area contributed by atoms with Gasteiger partial charge in [-0.3, -0.25) is 4.79 Å². The number of amides is 1. The van der Waals surface area contributed by atoms with Gasteiger partial charge in [0.1, 0.15) is 0 Å². The first-order valence-electron chi connectivity index (χ1n) is 5.51. The molecule has 2 N–H and O–H groups in total. The van der Waals surface area contributed by atoms with Gasteiger partial charge in [0.05, 0.1) is 18.8 Å². The molecule has 4 nitrogen and oxygen atoms in total. The van der Waals surface area contributed by atoms with Crippen molar-refractivity contribution in [2.24, 2.45) is 5.73 Å². The Labute approximate surface area is 90.1 Å². The number of hydrogen-bond donors (Lipinski definition) is 1. The van der Waals surface area contributed by atoms with E-state index in [9.17, 15) is 4.79 Å². The summed E-state index contributed by atoms with van der Waals surface area (Å²) in [5.41, 5.74) is 5.85. The Morgan fingerprint density at radius 2 is 2.33 bits per heavy atom. The number of carbonyl (C=O) groups excluding carboxylic acids is 1. The van der Waals surface area contributed by atoms with Crippen molar-refractivity contribution >= 4 is 5.91 Å².